The summed E-state index contributed by atoms with van der Waals surface area (Å²) >= 11 is 0. The van der Waals surface area contributed by atoms with Crippen molar-refractivity contribution in [3.05, 3.63) is 0 Å². The van der Waals surface area contributed by atoms with Crippen LogP contribution in [0.15, 0.2) is 0 Å². The zero-order valence-electron chi connectivity index (χ0n) is 11.6. The molecule has 0 radical (unpaired) electrons. The molecule has 100 valence electrons. The maximum Gasteiger partial charge on any atom is 0.0328 e. The lowest BCUT2D eigenvalue weighted by Gasteiger charge is -2.45. The van der Waals surface area contributed by atoms with Crippen LogP contribution in [0.4, 0.5) is 0 Å². The molecule has 2 fully saturated rings. The van der Waals surface area contributed by atoms with Crippen LogP contribution >= 0.6 is 0 Å². The molecule has 17 heavy (non-hydrogen) atoms. The Labute approximate surface area is 107 Å². The van der Waals surface area contributed by atoms with Crippen LogP contribution in [0.1, 0.15) is 64.2 Å². The lowest BCUT2D eigenvalue weighted by Crippen LogP contribution is -2.54. The average Bonchev–Trinajstić information content (AvgIpc) is 2.24. The molecule has 2 rings (SSSR count). The molecule has 0 aromatic carbocycles. The maximum atomic E-state index is 6.15. The van der Waals surface area contributed by atoms with Crippen LogP contribution in [0.3, 0.4) is 0 Å². The summed E-state index contributed by atoms with van der Waals surface area (Å²) in [5.41, 5.74) is 6.48. The third kappa shape index (κ3) is 3.23. The summed E-state index contributed by atoms with van der Waals surface area (Å²) in [6.07, 6.45) is 14.0. The summed E-state index contributed by atoms with van der Waals surface area (Å²) in [5, 5.41) is 0. The number of hydrogen-bond donors (Lipinski definition) is 1. The summed E-state index contributed by atoms with van der Waals surface area (Å²) in [5.74, 6) is 0.967. The third-order valence-corrected chi connectivity index (χ3v) is 5.23. The Morgan fingerprint density at radius 3 is 2.06 bits per heavy atom. The molecule has 0 amide bonds. The van der Waals surface area contributed by atoms with E-state index < -0.39 is 0 Å². The summed E-state index contributed by atoms with van der Waals surface area (Å²) in [6.45, 7) is 2.15. The Kier molecular flexibility index (Phi) is 4.87. The van der Waals surface area contributed by atoms with Crippen LogP contribution < -0.4 is 5.73 Å². The quantitative estimate of drug-likeness (QED) is 0.815. The standard InChI is InChI=1S/C15H30N2/c1-17(12-14-8-7-9-14)15(13-16)10-5-3-2-4-6-11-15/h14H,2-13,16H2,1H3. The predicted octanol–water partition coefficient (Wildman–Crippen LogP) is 3.16. The van der Waals surface area contributed by atoms with Gasteiger partial charge in [-0.25, -0.2) is 0 Å². The van der Waals surface area contributed by atoms with Gasteiger partial charge in [-0.3, -0.25) is 4.90 Å². The average molecular weight is 238 g/mol. The number of nitrogens with two attached hydrogens (primary N) is 1. The minimum absolute atomic E-state index is 0.329. The SMILES string of the molecule is CN(CC1CCC1)C1(CN)CCCCCCC1. The van der Waals surface area contributed by atoms with Crippen molar-refractivity contribution in [2.45, 2.75) is 69.7 Å². The molecule has 2 heteroatoms. The molecule has 0 bridgehead atoms. The van der Waals surface area contributed by atoms with E-state index >= 15 is 0 Å². The Hall–Kier alpha value is -0.0800. The van der Waals surface area contributed by atoms with E-state index in [0.717, 1.165) is 12.5 Å². The van der Waals surface area contributed by atoms with Gasteiger partial charge in [0.2, 0.25) is 0 Å². The molecule has 0 aromatic heterocycles. The minimum Gasteiger partial charge on any atom is -0.329 e. The van der Waals surface area contributed by atoms with Gasteiger partial charge in [0.25, 0.3) is 0 Å². The molecule has 2 N–H and O–H groups in total. The topological polar surface area (TPSA) is 29.3 Å². The lowest BCUT2D eigenvalue weighted by atomic mass is 9.80. The molecule has 0 aromatic rings. The molecule has 2 nitrogen and oxygen atoms in total. The molecular weight excluding hydrogens is 208 g/mol. The Morgan fingerprint density at radius 1 is 1.00 bits per heavy atom. The zero-order chi connectivity index (χ0) is 12.1. The maximum absolute atomic E-state index is 6.15. The van der Waals surface area contributed by atoms with Gasteiger partial charge in [-0.05, 0) is 38.6 Å². The summed E-state index contributed by atoms with van der Waals surface area (Å²) < 4.78 is 0. The highest BCUT2D eigenvalue weighted by Gasteiger charge is 2.34. The molecular formula is C15H30N2. The van der Waals surface area contributed by atoms with Crippen LogP contribution in [0.2, 0.25) is 0 Å². The van der Waals surface area contributed by atoms with Crippen molar-refractivity contribution in [1.82, 2.24) is 4.90 Å². The van der Waals surface area contributed by atoms with Crippen LogP contribution in [0, 0.1) is 5.92 Å². The van der Waals surface area contributed by atoms with Crippen molar-refractivity contribution < 1.29 is 0 Å². The first kappa shape index (κ1) is 13.4. The van der Waals surface area contributed by atoms with Gasteiger partial charge >= 0.3 is 0 Å². The number of nitrogens with zero attached hydrogens (tertiary/aromatic N) is 1. The highest BCUT2D eigenvalue weighted by molar-refractivity contribution is 4.92. The smallest absolute Gasteiger partial charge is 0.0328 e. The molecule has 0 saturated heterocycles. The van der Waals surface area contributed by atoms with Gasteiger partial charge in [0.1, 0.15) is 0 Å². The minimum atomic E-state index is 0.329. The first-order valence-electron chi connectivity index (χ1n) is 7.68. The largest absolute Gasteiger partial charge is 0.329 e. The third-order valence-electron chi connectivity index (χ3n) is 5.23. The van der Waals surface area contributed by atoms with Crippen LogP contribution in [-0.2, 0) is 0 Å². The summed E-state index contributed by atoms with van der Waals surface area (Å²) in [6, 6.07) is 0. The van der Waals surface area contributed by atoms with E-state index in [0.29, 0.717) is 5.54 Å². The van der Waals surface area contributed by atoms with Gasteiger partial charge in [-0.2, -0.15) is 0 Å². The molecule has 2 aliphatic rings. The summed E-state index contributed by atoms with van der Waals surface area (Å²) in [7, 11) is 2.33. The van der Waals surface area contributed by atoms with Gasteiger partial charge in [0, 0.05) is 18.6 Å². The fraction of sp³-hybridized carbons (Fsp3) is 1.00. The van der Waals surface area contributed by atoms with Crippen molar-refractivity contribution in [3.8, 4) is 0 Å². The molecule has 2 aliphatic carbocycles. The van der Waals surface area contributed by atoms with E-state index in [9.17, 15) is 0 Å². The number of hydrogen-bond acceptors (Lipinski definition) is 2. The monoisotopic (exact) mass is 238 g/mol. The van der Waals surface area contributed by atoms with E-state index in [1.165, 1.54) is 70.8 Å². The van der Waals surface area contributed by atoms with Gasteiger partial charge in [-0.15, -0.1) is 0 Å². The van der Waals surface area contributed by atoms with Gasteiger partial charge in [0.05, 0.1) is 0 Å². The van der Waals surface area contributed by atoms with Gasteiger partial charge in [0.15, 0.2) is 0 Å². The van der Waals surface area contributed by atoms with E-state index in [1.54, 1.807) is 0 Å². The highest BCUT2D eigenvalue weighted by Crippen LogP contribution is 2.34. The van der Waals surface area contributed by atoms with Crippen molar-refractivity contribution in [2.75, 3.05) is 20.1 Å². The Bertz CT molecular complexity index is 215. The first-order valence-corrected chi connectivity index (χ1v) is 7.68. The second kappa shape index (κ2) is 6.19. The lowest BCUT2D eigenvalue weighted by molar-refractivity contribution is 0.0620. The first-order chi connectivity index (χ1) is 8.27. The van der Waals surface area contributed by atoms with Crippen molar-refractivity contribution in [1.29, 1.82) is 0 Å². The predicted molar refractivity (Wildman–Crippen MR) is 74.1 cm³/mol. The second-order valence-electron chi connectivity index (χ2n) is 6.37. The molecule has 0 aliphatic heterocycles. The highest BCUT2D eigenvalue weighted by atomic mass is 15.2. The van der Waals surface area contributed by atoms with E-state index in [2.05, 4.69) is 11.9 Å². The normalized spacial score (nSPS) is 26.3. The van der Waals surface area contributed by atoms with E-state index in [-0.39, 0.29) is 0 Å². The molecule has 0 atom stereocenters. The van der Waals surface area contributed by atoms with Gasteiger partial charge < -0.3 is 5.73 Å². The fourth-order valence-corrected chi connectivity index (χ4v) is 3.56. The molecule has 0 spiro atoms. The number of likely N-dealkylation sites (N-methyl/N-ethyl adjacent to an activating group) is 1. The van der Waals surface area contributed by atoms with Crippen molar-refractivity contribution >= 4 is 0 Å². The van der Waals surface area contributed by atoms with E-state index in [4.69, 9.17) is 5.73 Å². The second-order valence-corrected chi connectivity index (χ2v) is 6.37. The van der Waals surface area contributed by atoms with Crippen LogP contribution in [-0.4, -0.2) is 30.6 Å². The molecule has 2 saturated carbocycles. The zero-order valence-corrected chi connectivity index (χ0v) is 11.6. The van der Waals surface area contributed by atoms with Gasteiger partial charge in [-0.1, -0.05) is 38.5 Å². The Morgan fingerprint density at radius 2 is 1.59 bits per heavy atom. The van der Waals surface area contributed by atoms with Crippen LogP contribution in [0.25, 0.3) is 0 Å². The van der Waals surface area contributed by atoms with E-state index in [1.807, 2.05) is 0 Å². The van der Waals surface area contributed by atoms with Crippen molar-refractivity contribution in [3.63, 3.8) is 0 Å². The Balaban J connectivity index is 1.93. The number of rotatable bonds is 4. The van der Waals surface area contributed by atoms with Crippen LogP contribution in [0.5, 0.6) is 0 Å². The fourth-order valence-electron chi connectivity index (χ4n) is 3.56. The summed E-state index contributed by atoms with van der Waals surface area (Å²) in [4.78, 5) is 2.63. The molecule has 0 unspecified atom stereocenters. The molecule has 0 heterocycles. The van der Waals surface area contributed by atoms with Crippen molar-refractivity contribution in [2.24, 2.45) is 11.7 Å².